The zero-order valence-electron chi connectivity index (χ0n) is 8.97. The van der Waals surface area contributed by atoms with Crippen LogP contribution in [0.2, 0.25) is 0 Å². The number of nitrogens with zero attached hydrogens (tertiary/aromatic N) is 1. The van der Waals surface area contributed by atoms with Crippen LogP contribution >= 0.6 is 15.9 Å². The van der Waals surface area contributed by atoms with Crippen molar-refractivity contribution in [3.05, 3.63) is 62.9 Å². The van der Waals surface area contributed by atoms with E-state index in [1.54, 1.807) is 0 Å². The summed E-state index contributed by atoms with van der Waals surface area (Å²) in [4.78, 5) is 9.99. The van der Waals surface area contributed by atoms with Crippen molar-refractivity contribution in [2.24, 2.45) is 0 Å². The van der Waals surface area contributed by atoms with Crippen molar-refractivity contribution in [1.82, 2.24) is 0 Å². The van der Waals surface area contributed by atoms with Crippen LogP contribution < -0.4 is 4.74 Å². The van der Waals surface area contributed by atoms with Crippen LogP contribution in [0.15, 0.2) is 46.9 Å². The number of halogens is 2. The molecule has 4 nitrogen and oxygen atoms in total. The molecule has 0 spiro atoms. The van der Waals surface area contributed by atoms with Crippen LogP contribution in [0.3, 0.4) is 0 Å². The molecule has 0 N–H and O–H groups in total. The Balaban J connectivity index is 2.21. The van der Waals surface area contributed by atoms with E-state index in [-0.39, 0.29) is 11.5 Å². The van der Waals surface area contributed by atoms with Gasteiger partial charge >= 0.3 is 0 Å². The Labute approximate surface area is 110 Å². The zero-order chi connectivity index (χ0) is 13.1. The lowest BCUT2D eigenvalue weighted by atomic mass is 10.3. The molecule has 2 aromatic rings. The van der Waals surface area contributed by atoms with Crippen molar-refractivity contribution in [3.63, 3.8) is 0 Å². The second-order valence-electron chi connectivity index (χ2n) is 3.43. The topological polar surface area (TPSA) is 52.4 Å². The van der Waals surface area contributed by atoms with E-state index in [1.165, 1.54) is 42.5 Å². The van der Waals surface area contributed by atoms with Gasteiger partial charge < -0.3 is 4.74 Å². The van der Waals surface area contributed by atoms with Crippen LogP contribution in [0.25, 0.3) is 0 Å². The highest BCUT2D eigenvalue weighted by atomic mass is 79.9. The van der Waals surface area contributed by atoms with Gasteiger partial charge in [0.05, 0.1) is 9.40 Å². The zero-order valence-corrected chi connectivity index (χ0v) is 10.6. The molecule has 2 rings (SSSR count). The molecule has 0 saturated heterocycles. The fourth-order valence-electron chi connectivity index (χ4n) is 1.32. The van der Waals surface area contributed by atoms with Crippen LogP contribution in [-0.2, 0) is 0 Å². The van der Waals surface area contributed by atoms with Crippen molar-refractivity contribution < 1.29 is 14.1 Å². The van der Waals surface area contributed by atoms with Gasteiger partial charge in [-0.25, -0.2) is 4.39 Å². The van der Waals surface area contributed by atoms with Crippen molar-refractivity contribution >= 4 is 21.6 Å². The van der Waals surface area contributed by atoms with E-state index in [4.69, 9.17) is 4.74 Å². The Hall–Kier alpha value is -1.95. The molecule has 0 radical (unpaired) electrons. The summed E-state index contributed by atoms with van der Waals surface area (Å²) < 4.78 is 18.8. The third kappa shape index (κ3) is 2.84. The van der Waals surface area contributed by atoms with E-state index in [2.05, 4.69) is 15.9 Å². The summed E-state index contributed by atoms with van der Waals surface area (Å²) >= 11 is 3.17. The highest BCUT2D eigenvalue weighted by molar-refractivity contribution is 9.10. The maximum Gasteiger partial charge on any atom is 0.269 e. The Bertz CT molecular complexity index is 586. The van der Waals surface area contributed by atoms with Gasteiger partial charge in [0, 0.05) is 12.1 Å². The summed E-state index contributed by atoms with van der Waals surface area (Å²) in [6.45, 7) is 0. The number of hydrogen-bond donors (Lipinski definition) is 0. The molecular formula is C12H7BrFNO3. The first-order valence-electron chi connectivity index (χ1n) is 4.93. The molecule has 92 valence electrons. The van der Waals surface area contributed by atoms with Crippen molar-refractivity contribution in [2.45, 2.75) is 0 Å². The van der Waals surface area contributed by atoms with Gasteiger partial charge in [0.15, 0.2) is 0 Å². The average Bonchev–Trinajstić information content (AvgIpc) is 2.33. The first-order valence-corrected chi connectivity index (χ1v) is 5.73. The predicted octanol–water partition coefficient (Wildman–Crippen LogP) is 4.29. The first-order chi connectivity index (χ1) is 8.56. The van der Waals surface area contributed by atoms with Crippen molar-refractivity contribution in [2.75, 3.05) is 0 Å². The average molecular weight is 312 g/mol. The summed E-state index contributed by atoms with van der Waals surface area (Å²) in [5.41, 5.74) is -0.0134. The van der Waals surface area contributed by atoms with E-state index in [0.717, 1.165) is 0 Å². The number of non-ortho nitro benzene ring substituents is 1. The van der Waals surface area contributed by atoms with Crippen LogP contribution in [0.4, 0.5) is 10.1 Å². The Morgan fingerprint density at radius 1 is 1.17 bits per heavy atom. The molecule has 6 heteroatoms. The Morgan fingerprint density at radius 2 is 1.83 bits per heavy atom. The number of benzene rings is 2. The molecule has 0 fully saturated rings. The lowest BCUT2D eigenvalue weighted by Gasteiger charge is -2.07. The minimum Gasteiger partial charge on any atom is -0.456 e. The molecule has 0 aliphatic heterocycles. The van der Waals surface area contributed by atoms with E-state index in [1.807, 2.05) is 0 Å². The molecule has 0 aliphatic carbocycles. The van der Waals surface area contributed by atoms with Gasteiger partial charge in [-0.2, -0.15) is 0 Å². The summed E-state index contributed by atoms with van der Waals surface area (Å²) in [6.07, 6.45) is 0. The van der Waals surface area contributed by atoms with Crippen molar-refractivity contribution in [3.8, 4) is 11.5 Å². The lowest BCUT2D eigenvalue weighted by molar-refractivity contribution is -0.384. The van der Waals surface area contributed by atoms with E-state index in [9.17, 15) is 14.5 Å². The minimum atomic E-state index is -0.489. The molecule has 0 heterocycles. The molecule has 0 unspecified atom stereocenters. The van der Waals surface area contributed by atoms with Gasteiger partial charge in [0.2, 0.25) is 0 Å². The Morgan fingerprint density at radius 3 is 2.39 bits per heavy atom. The summed E-state index contributed by atoms with van der Waals surface area (Å²) in [7, 11) is 0. The van der Waals surface area contributed by atoms with Gasteiger partial charge in [-0.3, -0.25) is 10.1 Å². The number of hydrogen-bond acceptors (Lipinski definition) is 3. The Kier molecular flexibility index (Phi) is 3.57. The number of nitro benzene ring substituents is 1. The highest BCUT2D eigenvalue weighted by Crippen LogP contribution is 2.30. The fraction of sp³-hybridized carbons (Fsp3) is 0. The minimum absolute atomic E-state index is 0.0134. The first kappa shape index (κ1) is 12.5. The van der Waals surface area contributed by atoms with Gasteiger partial charge in [-0.05, 0) is 46.3 Å². The third-order valence-corrected chi connectivity index (χ3v) is 2.79. The number of nitro groups is 1. The number of ether oxygens (including phenoxy) is 1. The second-order valence-corrected chi connectivity index (χ2v) is 4.28. The maximum absolute atomic E-state index is 12.9. The smallest absolute Gasteiger partial charge is 0.269 e. The maximum atomic E-state index is 12.9. The molecule has 0 saturated carbocycles. The highest BCUT2D eigenvalue weighted by Gasteiger charge is 2.07. The molecule has 18 heavy (non-hydrogen) atoms. The fourth-order valence-corrected chi connectivity index (χ4v) is 1.75. The van der Waals surface area contributed by atoms with Crippen molar-refractivity contribution in [1.29, 1.82) is 0 Å². The van der Waals surface area contributed by atoms with Crippen LogP contribution in [0.1, 0.15) is 0 Å². The predicted molar refractivity (Wildman–Crippen MR) is 67.3 cm³/mol. The van der Waals surface area contributed by atoms with Gasteiger partial charge in [-0.1, -0.05) is 0 Å². The van der Waals surface area contributed by atoms with E-state index >= 15 is 0 Å². The van der Waals surface area contributed by atoms with Crippen LogP contribution in [0, 0.1) is 15.9 Å². The van der Waals surface area contributed by atoms with Gasteiger partial charge in [0.25, 0.3) is 5.69 Å². The molecule has 2 aromatic carbocycles. The quantitative estimate of drug-likeness (QED) is 0.627. The molecule has 0 aromatic heterocycles. The largest absolute Gasteiger partial charge is 0.456 e. The summed E-state index contributed by atoms with van der Waals surface area (Å²) in [5.74, 6) is 0.496. The van der Waals surface area contributed by atoms with Gasteiger partial charge in [0.1, 0.15) is 17.3 Å². The number of rotatable bonds is 3. The van der Waals surface area contributed by atoms with Crippen LogP contribution in [0.5, 0.6) is 11.5 Å². The molecule has 0 atom stereocenters. The van der Waals surface area contributed by atoms with Crippen LogP contribution in [-0.4, -0.2) is 4.92 Å². The third-order valence-electron chi connectivity index (χ3n) is 2.17. The summed E-state index contributed by atoms with van der Waals surface area (Å²) in [5, 5.41) is 10.5. The lowest BCUT2D eigenvalue weighted by Crippen LogP contribution is -1.89. The SMILES string of the molecule is O=[N+]([O-])c1ccc(Oc2ccc(F)cc2Br)cc1. The van der Waals surface area contributed by atoms with E-state index in [0.29, 0.717) is 16.0 Å². The molecule has 0 amide bonds. The molecule has 0 aliphatic rings. The monoisotopic (exact) mass is 311 g/mol. The van der Waals surface area contributed by atoms with Gasteiger partial charge in [-0.15, -0.1) is 0 Å². The van der Waals surface area contributed by atoms with E-state index < -0.39 is 4.92 Å². The molecule has 0 bridgehead atoms. The standard InChI is InChI=1S/C12H7BrFNO3/c13-11-7-8(14)1-6-12(11)18-10-4-2-9(3-5-10)15(16)17/h1-7H. The second kappa shape index (κ2) is 5.14. The normalized spacial score (nSPS) is 10.1. The molecular weight excluding hydrogens is 305 g/mol. The summed E-state index contributed by atoms with van der Waals surface area (Å²) in [6, 6.07) is 9.66.